The Morgan fingerprint density at radius 2 is 1.96 bits per heavy atom. The summed E-state index contributed by atoms with van der Waals surface area (Å²) in [6.45, 7) is 10.1. The van der Waals surface area contributed by atoms with Crippen molar-refractivity contribution >= 4 is 0 Å². The first-order chi connectivity index (χ1) is 12.0. The average Bonchev–Trinajstić information content (AvgIpc) is 3.07. The van der Waals surface area contributed by atoms with Crippen molar-refractivity contribution in [1.82, 2.24) is 4.90 Å². The maximum absolute atomic E-state index is 11.3. The minimum absolute atomic E-state index is 0.147. The topological polar surface area (TPSA) is 32.7 Å². The first-order valence-electron chi connectivity index (χ1n) is 10.7. The van der Waals surface area contributed by atoms with Crippen LogP contribution in [0.15, 0.2) is 12.2 Å². The summed E-state index contributed by atoms with van der Waals surface area (Å²) in [5, 5.41) is 11.3. The summed E-state index contributed by atoms with van der Waals surface area (Å²) < 4.78 is 6.29. The number of rotatable bonds is 0. The summed E-state index contributed by atoms with van der Waals surface area (Å²) in [5.74, 6) is 2.08. The van der Waals surface area contributed by atoms with Gasteiger partial charge in [0.15, 0.2) is 0 Å². The van der Waals surface area contributed by atoms with Crippen molar-refractivity contribution in [1.29, 1.82) is 0 Å². The molecule has 2 heterocycles. The highest BCUT2D eigenvalue weighted by molar-refractivity contribution is 5.28. The third-order valence-electron chi connectivity index (χ3n) is 10.1. The second-order valence-electron chi connectivity index (χ2n) is 10.6. The minimum atomic E-state index is -0.235. The van der Waals surface area contributed by atoms with Crippen molar-refractivity contribution in [3.8, 4) is 0 Å². The van der Waals surface area contributed by atoms with Crippen molar-refractivity contribution in [3.63, 3.8) is 0 Å². The molecule has 3 heteroatoms. The predicted octanol–water partition coefficient (Wildman–Crippen LogP) is 3.58. The summed E-state index contributed by atoms with van der Waals surface area (Å²) in [4.78, 5) is 2.69. The van der Waals surface area contributed by atoms with Crippen molar-refractivity contribution < 1.29 is 9.84 Å². The van der Waals surface area contributed by atoms with Crippen molar-refractivity contribution in [2.75, 3.05) is 19.7 Å². The maximum atomic E-state index is 11.3. The molecule has 4 bridgehead atoms. The number of nitrogens with zero attached hydrogens (tertiary/aromatic N) is 1. The highest BCUT2D eigenvalue weighted by Crippen LogP contribution is 2.74. The van der Waals surface area contributed by atoms with E-state index in [1.165, 1.54) is 63.5 Å². The van der Waals surface area contributed by atoms with Gasteiger partial charge >= 0.3 is 0 Å². The maximum Gasteiger partial charge on any atom is 0.116 e. The molecule has 0 unspecified atom stereocenters. The van der Waals surface area contributed by atoms with Crippen LogP contribution in [0.3, 0.4) is 0 Å². The predicted molar refractivity (Wildman–Crippen MR) is 96.8 cm³/mol. The van der Waals surface area contributed by atoms with Crippen LogP contribution in [0, 0.1) is 34.0 Å². The zero-order valence-electron chi connectivity index (χ0n) is 15.7. The van der Waals surface area contributed by atoms with Gasteiger partial charge in [0.1, 0.15) is 6.23 Å². The molecule has 5 aliphatic carbocycles. The summed E-state index contributed by atoms with van der Waals surface area (Å²) in [7, 11) is 0. The molecule has 0 amide bonds. The summed E-state index contributed by atoms with van der Waals surface area (Å²) in [6, 6.07) is 0. The number of aliphatic hydroxyl groups is 1. The van der Waals surface area contributed by atoms with E-state index in [4.69, 9.17) is 4.74 Å². The third kappa shape index (κ3) is 1.62. The smallest absolute Gasteiger partial charge is 0.116 e. The van der Waals surface area contributed by atoms with Crippen LogP contribution in [0.1, 0.15) is 58.3 Å². The molecule has 0 radical (unpaired) electrons. The van der Waals surface area contributed by atoms with Crippen LogP contribution in [0.2, 0.25) is 0 Å². The third-order valence-corrected chi connectivity index (χ3v) is 10.1. The quantitative estimate of drug-likeness (QED) is 0.683. The summed E-state index contributed by atoms with van der Waals surface area (Å²) in [6.07, 6.45) is 10.6. The molecule has 0 aromatic heterocycles. The van der Waals surface area contributed by atoms with E-state index >= 15 is 0 Å². The van der Waals surface area contributed by atoms with Crippen LogP contribution in [-0.2, 0) is 4.74 Å². The Kier molecular flexibility index (Phi) is 2.95. The van der Waals surface area contributed by atoms with Crippen molar-refractivity contribution in [2.45, 2.75) is 70.6 Å². The number of piperidine rings is 1. The van der Waals surface area contributed by atoms with Crippen LogP contribution in [0.4, 0.5) is 0 Å². The zero-order valence-corrected chi connectivity index (χ0v) is 15.7. The molecule has 138 valence electrons. The van der Waals surface area contributed by atoms with Gasteiger partial charge in [0, 0.05) is 23.9 Å². The van der Waals surface area contributed by atoms with E-state index in [1.807, 2.05) is 0 Å². The lowest BCUT2D eigenvalue weighted by Gasteiger charge is -2.73. The van der Waals surface area contributed by atoms with Crippen LogP contribution in [0.25, 0.3) is 0 Å². The highest BCUT2D eigenvalue weighted by Gasteiger charge is 2.71. The lowest BCUT2D eigenvalue weighted by atomic mass is 9.34. The van der Waals surface area contributed by atoms with Crippen molar-refractivity contribution in [3.05, 3.63) is 12.2 Å². The van der Waals surface area contributed by atoms with E-state index in [0.717, 1.165) is 19.1 Å². The van der Waals surface area contributed by atoms with Gasteiger partial charge in [-0.1, -0.05) is 19.9 Å². The minimum Gasteiger partial charge on any atom is -0.388 e. The fourth-order valence-corrected chi connectivity index (χ4v) is 9.25. The molecule has 2 aliphatic heterocycles. The van der Waals surface area contributed by atoms with Gasteiger partial charge in [0.2, 0.25) is 0 Å². The van der Waals surface area contributed by atoms with E-state index in [0.29, 0.717) is 28.9 Å². The van der Waals surface area contributed by atoms with E-state index in [1.54, 1.807) is 0 Å². The normalized spacial score (nSPS) is 60.1. The Balaban J connectivity index is 1.49. The Bertz CT molecular complexity index is 634. The molecule has 8 atom stereocenters. The first kappa shape index (κ1) is 15.7. The number of aliphatic hydroxyl groups excluding tert-OH is 1. The van der Waals surface area contributed by atoms with E-state index in [9.17, 15) is 5.11 Å². The molecule has 7 rings (SSSR count). The molecule has 7 aliphatic rings. The van der Waals surface area contributed by atoms with Crippen LogP contribution < -0.4 is 0 Å². The number of hydrogen-bond donors (Lipinski definition) is 1. The molecular formula is C22H33NO2. The first-order valence-corrected chi connectivity index (χ1v) is 10.7. The molecule has 7 fully saturated rings. The monoisotopic (exact) mass is 343 g/mol. The van der Waals surface area contributed by atoms with E-state index < -0.39 is 0 Å². The Hall–Kier alpha value is -0.380. The summed E-state index contributed by atoms with van der Waals surface area (Å²) in [5.41, 5.74) is 2.07. The molecular weight excluding hydrogens is 310 g/mol. The SMILES string of the molecule is C=C1[C@@H]2CC[C@]3(CC[C@H]4[C@@]5(C)CCC[C@@]4(CN4CCO[C@H]45)[C@H]3C2)[C@@H]1O. The van der Waals surface area contributed by atoms with Gasteiger partial charge in [0.25, 0.3) is 0 Å². The van der Waals surface area contributed by atoms with Crippen LogP contribution in [-0.4, -0.2) is 42.0 Å². The Labute approximate surface area is 151 Å². The van der Waals surface area contributed by atoms with Gasteiger partial charge in [-0.25, -0.2) is 0 Å². The van der Waals surface area contributed by atoms with Crippen molar-refractivity contribution in [2.24, 2.45) is 34.0 Å². The van der Waals surface area contributed by atoms with Gasteiger partial charge in [-0.15, -0.1) is 0 Å². The number of fused-ring (bicyclic) bond motifs is 4. The fraction of sp³-hybridized carbons (Fsp3) is 0.909. The van der Waals surface area contributed by atoms with E-state index in [2.05, 4.69) is 18.4 Å². The summed E-state index contributed by atoms with van der Waals surface area (Å²) >= 11 is 0. The zero-order chi connectivity index (χ0) is 17.0. The average molecular weight is 344 g/mol. The fourth-order valence-electron chi connectivity index (χ4n) is 9.25. The van der Waals surface area contributed by atoms with Gasteiger partial charge in [-0.2, -0.15) is 0 Å². The molecule has 1 spiro atoms. The van der Waals surface area contributed by atoms with Crippen LogP contribution in [0.5, 0.6) is 0 Å². The molecule has 2 saturated heterocycles. The molecule has 1 N–H and O–H groups in total. The lowest BCUT2D eigenvalue weighted by molar-refractivity contribution is -0.273. The van der Waals surface area contributed by atoms with Crippen LogP contribution >= 0.6 is 0 Å². The van der Waals surface area contributed by atoms with E-state index in [-0.39, 0.29) is 11.5 Å². The second-order valence-corrected chi connectivity index (χ2v) is 10.6. The Morgan fingerprint density at radius 1 is 1.12 bits per heavy atom. The lowest BCUT2D eigenvalue weighted by Crippen LogP contribution is -2.72. The molecule has 0 aromatic rings. The molecule has 0 aromatic carbocycles. The largest absolute Gasteiger partial charge is 0.388 e. The Morgan fingerprint density at radius 3 is 2.84 bits per heavy atom. The molecule has 3 nitrogen and oxygen atoms in total. The van der Waals surface area contributed by atoms with Gasteiger partial charge in [-0.3, -0.25) is 4.90 Å². The number of hydrogen-bond acceptors (Lipinski definition) is 3. The van der Waals surface area contributed by atoms with Gasteiger partial charge < -0.3 is 9.84 Å². The highest BCUT2D eigenvalue weighted by atomic mass is 16.5. The standard InChI is InChI=1S/C22H33NO2/c1-14-15-4-8-21(18(14)24)9-5-16-20(2)6-3-7-22(16,17(21)12-15)13-23-10-11-25-19(20)23/h15-19,24H,1,3-13H2,2H3/t15-,16+,17+,18-,19+,20-,21-,22+/m1/s1. The van der Waals surface area contributed by atoms with Gasteiger partial charge in [0.05, 0.1) is 12.7 Å². The molecule has 25 heavy (non-hydrogen) atoms. The molecule has 5 saturated carbocycles. The second kappa shape index (κ2) is 4.72. The van der Waals surface area contributed by atoms with Gasteiger partial charge in [-0.05, 0) is 73.7 Å². The number of ether oxygens (including phenoxy) is 1.